The maximum absolute atomic E-state index is 13.7. The summed E-state index contributed by atoms with van der Waals surface area (Å²) in [5.74, 6) is -0.891. The van der Waals surface area contributed by atoms with Crippen LogP contribution in [0, 0.1) is 18.8 Å². The second-order valence-electron chi connectivity index (χ2n) is 8.88. The van der Waals surface area contributed by atoms with Crippen molar-refractivity contribution in [2.24, 2.45) is 11.8 Å². The third kappa shape index (κ3) is 2.58. The van der Waals surface area contributed by atoms with Crippen LogP contribution in [0.2, 0.25) is 5.02 Å². The van der Waals surface area contributed by atoms with Gasteiger partial charge in [0.25, 0.3) is 0 Å². The summed E-state index contributed by atoms with van der Waals surface area (Å²) in [5.41, 5.74) is 0.988. The van der Waals surface area contributed by atoms with Gasteiger partial charge in [0, 0.05) is 22.7 Å². The van der Waals surface area contributed by atoms with Crippen molar-refractivity contribution in [1.82, 2.24) is 10.2 Å². The van der Waals surface area contributed by atoms with Gasteiger partial charge >= 0.3 is 0 Å². The van der Waals surface area contributed by atoms with E-state index in [1.54, 1.807) is 17.8 Å². The zero-order valence-electron chi connectivity index (χ0n) is 17.2. The monoisotopic (exact) mass is 447 g/mol. The molecule has 160 valence electrons. The smallest absolute Gasteiger partial charge is 0.250 e. The lowest BCUT2D eigenvalue weighted by Crippen LogP contribution is -2.54. The molecular weight excluding hydrogens is 422 g/mol. The minimum Gasteiger partial charge on any atom is -0.324 e. The van der Waals surface area contributed by atoms with Gasteiger partial charge in [-0.1, -0.05) is 30.5 Å². The lowest BCUT2D eigenvalue weighted by molar-refractivity contribution is -0.145. The van der Waals surface area contributed by atoms with Crippen molar-refractivity contribution in [2.45, 2.75) is 56.7 Å². The van der Waals surface area contributed by atoms with Crippen LogP contribution in [0.25, 0.3) is 0 Å². The van der Waals surface area contributed by atoms with E-state index in [9.17, 15) is 14.4 Å². The van der Waals surface area contributed by atoms with E-state index >= 15 is 0 Å². The summed E-state index contributed by atoms with van der Waals surface area (Å²) in [6.45, 7) is 1.87. The summed E-state index contributed by atoms with van der Waals surface area (Å²) in [6.07, 6.45) is 6.57. The predicted molar refractivity (Wildman–Crippen MR) is 118 cm³/mol. The van der Waals surface area contributed by atoms with E-state index in [-0.39, 0.29) is 29.8 Å². The first kappa shape index (κ1) is 20.3. The number of halogens is 1. The molecule has 1 aliphatic carbocycles. The number of hydrogen-bond donors (Lipinski definition) is 2. The van der Waals surface area contributed by atoms with Gasteiger partial charge in [0.1, 0.15) is 5.54 Å². The molecule has 2 unspecified atom stereocenters. The number of carbonyl (C=O) groups is 3. The third-order valence-corrected chi connectivity index (χ3v) is 8.49. The first-order chi connectivity index (χ1) is 14.4. The summed E-state index contributed by atoms with van der Waals surface area (Å²) in [4.78, 5) is 42.2. The highest BCUT2D eigenvalue weighted by Gasteiger charge is 2.70. The summed E-state index contributed by atoms with van der Waals surface area (Å²) in [6, 6.07) is 3.38. The maximum atomic E-state index is 13.7. The quantitative estimate of drug-likeness (QED) is 0.693. The average molecular weight is 448 g/mol. The number of likely N-dealkylation sites (tertiary alicyclic amines) is 1. The Hall–Kier alpha value is -1.57. The molecule has 1 aromatic rings. The van der Waals surface area contributed by atoms with Gasteiger partial charge in [-0.15, -0.1) is 0 Å². The number of amides is 3. The Balaban J connectivity index is 1.64. The number of thioether (sulfide) groups is 1. The Bertz CT molecular complexity index is 948. The fraction of sp³-hybridized carbons (Fsp3) is 0.591. The van der Waals surface area contributed by atoms with Crippen molar-refractivity contribution in [3.8, 4) is 0 Å². The minimum absolute atomic E-state index is 0.0234. The summed E-state index contributed by atoms with van der Waals surface area (Å²) in [5, 5.41) is 7.04. The van der Waals surface area contributed by atoms with Crippen molar-refractivity contribution < 1.29 is 14.4 Å². The van der Waals surface area contributed by atoms with Crippen LogP contribution in [-0.4, -0.2) is 46.7 Å². The van der Waals surface area contributed by atoms with Crippen molar-refractivity contribution >= 4 is 46.8 Å². The molecule has 5 rings (SSSR count). The first-order valence-electron chi connectivity index (χ1n) is 10.7. The van der Waals surface area contributed by atoms with E-state index < -0.39 is 17.4 Å². The number of benzene rings is 1. The van der Waals surface area contributed by atoms with E-state index in [0.717, 1.165) is 49.0 Å². The largest absolute Gasteiger partial charge is 0.324 e. The van der Waals surface area contributed by atoms with E-state index in [2.05, 4.69) is 10.6 Å². The molecule has 1 spiro atoms. The Morgan fingerprint density at radius 3 is 2.63 bits per heavy atom. The molecule has 3 amide bonds. The van der Waals surface area contributed by atoms with Crippen molar-refractivity contribution in [2.75, 3.05) is 17.3 Å². The molecule has 8 heteroatoms. The van der Waals surface area contributed by atoms with Crippen molar-refractivity contribution in [3.05, 3.63) is 28.3 Å². The number of anilines is 1. The van der Waals surface area contributed by atoms with Crippen molar-refractivity contribution in [3.63, 3.8) is 0 Å². The molecule has 1 saturated carbocycles. The van der Waals surface area contributed by atoms with Gasteiger partial charge in [0.15, 0.2) is 0 Å². The topological polar surface area (TPSA) is 78.5 Å². The zero-order chi connectivity index (χ0) is 21.2. The molecule has 6 nitrogen and oxygen atoms in total. The number of fused-ring (bicyclic) bond motifs is 4. The van der Waals surface area contributed by atoms with Crippen molar-refractivity contribution in [1.29, 1.82) is 0 Å². The highest BCUT2D eigenvalue weighted by Crippen LogP contribution is 2.55. The molecule has 3 aliphatic heterocycles. The van der Waals surface area contributed by atoms with Crippen LogP contribution >= 0.6 is 23.4 Å². The standard InChI is InChI=1S/C22H26ClN3O3S/c1-11-14(23)8-7-13-18(11)24-21(29)22(13)17-16(15(25-22)9-10-30-2)19(27)26(20(17)28)12-5-3-4-6-12/h7-8,12,15-17,25H,3-6,9-10H2,1-2H3,(H,24,29)/t15?,16-,17+,22?/m1/s1. The third-order valence-electron chi connectivity index (χ3n) is 7.44. The average Bonchev–Trinajstić information content (AvgIpc) is 3.46. The van der Waals surface area contributed by atoms with Crippen LogP contribution in [0.15, 0.2) is 12.1 Å². The molecule has 0 aromatic heterocycles. The number of hydrogen-bond acceptors (Lipinski definition) is 5. The summed E-state index contributed by atoms with van der Waals surface area (Å²) < 4.78 is 0. The molecule has 4 aliphatic rings. The minimum atomic E-state index is -1.21. The Morgan fingerprint density at radius 2 is 1.93 bits per heavy atom. The molecular formula is C22H26ClN3O3S. The molecule has 4 atom stereocenters. The second-order valence-corrected chi connectivity index (χ2v) is 10.3. The lowest BCUT2D eigenvalue weighted by Gasteiger charge is -2.31. The number of nitrogens with one attached hydrogen (secondary N) is 2. The first-order valence-corrected chi connectivity index (χ1v) is 12.4. The fourth-order valence-electron chi connectivity index (χ4n) is 6.03. The number of rotatable bonds is 4. The Morgan fingerprint density at radius 1 is 1.20 bits per heavy atom. The number of carbonyl (C=O) groups excluding carboxylic acids is 3. The molecule has 3 heterocycles. The highest BCUT2D eigenvalue weighted by molar-refractivity contribution is 7.98. The van der Waals surface area contributed by atoms with Gasteiger partial charge in [-0.05, 0) is 49.8 Å². The van der Waals surface area contributed by atoms with Gasteiger partial charge < -0.3 is 5.32 Å². The van der Waals surface area contributed by atoms with Crippen LogP contribution < -0.4 is 10.6 Å². The maximum Gasteiger partial charge on any atom is 0.250 e. The molecule has 3 fully saturated rings. The number of imide groups is 1. The van der Waals surface area contributed by atoms with E-state index in [1.807, 2.05) is 19.2 Å². The van der Waals surface area contributed by atoms with Crippen LogP contribution in [0.3, 0.4) is 0 Å². The van der Waals surface area contributed by atoms with Gasteiger partial charge in [0.2, 0.25) is 17.7 Å². The van der Waals surface area contributed by atoms with Crippen LogP contribution in [0.4, 0.5) is 5.69 Å². The van der Waals surface area contributed by atoms with Gasteiger partial charge in [-0.3, -0.25) is 24.6 Å². The fourth-order valence-corrected chi connectivity index (χ4v) is 6.67. The molecule has 0 radical (unpaired) electrons. The number of nitrogens with zero attached hydrogens (tertiary/aromatic N) is 1. The zero-order valence-corrected chi connectivity index (χ0v) is 18.7. The van der Waals surface area contributed by atoms with Crippen LogP contribution in [-0.2, 0) is 19.9 Å². The van der Waals surface area contributed by atoms with Gasteiger partial charge in [0.05, 0.1) is 17.5 Å². The van der Waals surface area contributed by atoms with Crippen LogP contribution in [0.5, 0.6) is 0 Å². The summed E-state index contributed by atoms with van der Waals surface area (Å²) in [7, 11) is 0. The Kier molecular flexibility index (Phi) is 4.91. The van der Waals surface area contributed by atoms with E-state index in [4.69, 9.17) is 11.6 Å². The SMILES string of the molecule is CSCCC1NC2(C(=O)Nc3c2ccc(Cl)c3C)[C@@H]2C(=O)N(C3CCCC3)C(=O)[C@H]12. The van der Waals surface area contributed by atoms with Gasteiger partial charge in [-0.2, -0.15) is 11.8 Å². The Labute approximate surface area is 185 Å². The lowest BCUT2D eigenvalue weighted by atomic mass is 9.76. The predicted octanol–water partition coefficient (Wildman–Crippen LogP) is 3.06. The highest BCUT2D eigenvalue weighted by atomic mass is 35.5. The van der Waals surface area contributed by atoms with E-state index in [0.29, 0.717) is 10.7 Å². The van der Waals surface area contributed by atoms with Crippen LogP contribution in [0.1, 0.15) is 43.2 Å². The second kappa shape index (κ2) is 7.24. The molecule has 0 bridgehead atoms. The normalized spacial score (nSPS) is 33.0. The molecule has 1 aromatic carbocycles. The summed E-state index contributed by atoms with van der Waals surface area (Å²) >= 11 is 8.01. The van der Waals surface area contributed by atoms with Gasteiger partial charge in [-0.25, -0.2) is 0 Å². The molecule has 2 N–H and O–H groups in total. The molecule has 2 saturated heterocycles. The van der Waals surface area contributed by atoms with E-state index in [1.165, 1.54) is 4.90 Å². The molecule has 30 heavy (non-hydrogen) atoms.